The van der Waals surface area contributed by atoms with Crippen molar-refractivity contribution >= 4 is 34.5 Å². The molecule has 1 aliphatic rings. The Labute approximate surface area is 164 Å². The Bertz CT molecular complexity index is 781. The van der Waals surface area contributed by atoms with Crippen LogP contribution in [0.3, 0.4) is 0 Å². The molecule has 0 spiro atoms. The molecule has 2 amide bonds. The molecule has 0 bridgehead atoms. The van der Waals surface area contributed by atoms with E-state index in [9.17, 15) is 9.59 Å². The number of para-hydroxylation sites is 2. The molecule has 3 rings (SSSR count). The van der Waals surface area contributed by atoms with Crippen LogP contribution in [0.4, 0.5) is 11.4 Å². The Morgan fingerprint density at radius 2 is 1.85 bits per heavy atom. The molecule has 0 radical (unpaired) electrons. The van der Waals surface area contributed by atoms with Gasteiger partial charge in [-0.3, -0.25) is 9.59 Å². The smallest absolute Gasteiger partial charge is 0.265 e. The number of anilines is 2. The van der Waals surface area contributed by atoms with Gasteiger partial charge in [0.05, 0.1) is 22.8 Å². The largest absolute Gasteiger partial charge is 0.397 e. The fraction of sp³-hybridized carbons (Fsp3) is 0.429. The van der Waals surface area contributed by atoms with Crippen molar-refractivity contribution in [1.29, 1.82) is 0 Å². The number of hydrogen-bond acceptors (Lipinski definition) is 4. The monoisotopic (exact) mass is 385 g/mol. The summed E-state index contributed by atoms with van der Waals surface area (Å²) in [7, 11) is 0. The average Bonchev–Trinajstić information content (AvgIpc) is 3.16. The van der Waals surface area contributed by atoms with Crippen molar-refractivity contribution in [3.8, 4) is 0 Å². The Balaban J connectivity index is 1.44. The summed E-state index contributed by atoms with van der Waals surface area (Å²) in [5.74, 6) is 0.622. The van der Waals surface area contributed by atoms with E-state index in [0.717, 1.165) is 11.3 Å². The summed E-state index contributed by atoms with van der Waals surface area (Å²) in [6.07, 6.45) is 8.07. The molecule has 5 nitrogen and oxygen atoms in total. The Hall–Kier alpha value is -2.34. The molecule has 1 saturated carbocycles. The van der Waals surface area contributed by atoms with Crippen LogP contribution in [0, 0.1) is 5.92 Å². The highest BCUT2D eigenvalue weighted by atomic mass is 32.1. The van der Waals surface area contributed by atoms with Crippen molar-refractivity contribution in [2.45, 2.75) is 51.5 Å². The molecule has 6 heteroatoms. The fourth-order valence-corrected chi connectivity index (χ4v) is 4.32. The molecule has 144 valence electrons. The summed E-state index contributed by atoms with van der Waals surface area (Å²) in [5.41, 5.74) is 7.00. The van der Waals surface area contributed by atoms with Crippen molar-refractivity contribution in [1.82, 2.24) is 5.32 Å². The van der Waals surface area contributed by atoms with Gasteiger partial charge in [0.2, 0.25) is 5.91 Å². The Morgan fingerprint density at radius 1 is 1.07 bits per heavy atom. The van der Waals surface area contributed by atoms with Crippen molar-refractivity contribution in [2.24, 2.45) is 5.92 Å². The highest BCUT2D eigenvalue weighted by molar-refractivity contribution is 7.14. The van der Waals surface area contributed by atoms with Crippen LogP contribution in [0.2, 0.25) is 0 Å². The summed E-state index contributed by atoms with van der Waals surface area (Å²) in [6, 6.07) is 10.8. The minimum Gasteiger partial charge on any atom is -0.397 e. The first-order valence-corrected chi connectivity index (χ1v) is 10.4. The van der Waals surface area contributed by atoms with Crippen LogP contribution in [0.1, 0.15) is 59.5 Å². The van der Waals surface area contributed by atoms with Crippen LogP contribution in [0.5, 0.6) is 0 Å². The number of carbonyl (C=O) groups is 2. The molecule has 4 N–H and O–H groups in total. The van der Waals surface area contributed by atoms with Crippen LogP contribution in [-0.2, 0) is 11.3 Å². The molecule has 1 fully saturated rings. The van der Waals surface area contributed by atoms with E-state index in [-0.39, 0.29) is 11.8 Å². The first kappa shape index (κ1) is 19.4. The number of benzene rings is 1. The molecule has 0 saturated heterocycles. The topological polar surface area (TPSA) is 84.2 Å². The van der Waals surface area contributed by atoms with Crippen LogP contribution in [0.25, 0.3) is 0 Å². The third-order valence-electron chi connectivity index (χ3n) is 5.06. The molecule has 1 aliphatic carbocycles. The van der Waals surface area contributed by atoms with Gasteiger partial charge >= 0.3 is 0 Å². The minimum absolute atomic E-state index is 0.0945. The van der Waals surface area contributed by atoms with Crippen molar-refractivity contribution in [3.05, 3.63) is 46.2 Å². The lowest BCUT2D eigenvalue weighted by Crippen LogP contribution is -2.23. The van der Waals surface area contributed by atoms with Crippen LogP contribution < -0.4 is 16.4 Å². The van der Waals surface area contributed by atoms with E-state index in [0.29, 0.717) is 35.1 Å². The highest BCUT2D eigenvalue weighted by Crippen LogP contribution is 2.27. The summed E-state index contributed by atoms with van der Waals surface area (Å²) in [5, 5.41) is 5.79. The van der Waals surface area contributed by atoms with Gasteiger partial charge in [0.25, 0.3) is 5.91 Å². The SMILES string of the molecule is Nc1ccccc1NC(=O)c1ccc(CNC(=O)CCC2CCCCC2)s1. The van der Waals surface area contributed by atoms with Crippen molar-refractivity contribution in [3.63, 3.8) is 0 Å². The van der Waals surface area contributed by atoms with Crippen molar-refractivity contribution < 1.29 is 9.59 Å². The molecule has 2 aromatic rings. The number of rotatable bonds is 7. The zero-order valence-corrected chi connectivity index (χ0v) is 16.3. The van der Waals surface area contributed by atoms with Gasteiger partial charge in [0.15, 0.2) is 0 Å². The molecule has 0 atom stereocenters. The van der Waals surface area contributed by atoms with Crippen LogP contribution in [-0.4, -0.2) is 11.8 Å². The first-order valence-electron chi connectivity index (χ1n) is 9.63. The predicted molar refractivity (Wildman–Crippen MR) is 111 cm³/mol. The molecule has 27 heavy (non-hydrogen) atoms. The Morgan fingerprint density at radius 3 is 2.63 bits per heavy atom. The van der Waals surface area contributed by atoms with E-state index >= 15 is 0 Å². The van der Waals surface area contributed by atoms with Gasteiger partial charge in [0, 0.05) is 11.3 Å². The van der Waals surface area contributed by atoms with E-state index in [1.807, 2.05) is 18.2 Å². The summed E-state index contributed by atoms with van der Waals surface area (Å²) in [4.78, 5) is 26.0. The summed E-state index contributed by atoms with van der Waals surface area (Å²) in [6.45, 7) is 0.467. The van der Waals surface area contributed by atoms with E-state index in [1.54, 1.807) is 18.2 Å². The lowest BCUT2D eigenvalue weighted by atomic mass is 9.86. The zero-order valence-electron chi connectivity index (χ0n) is 15.5. The molecular weight excluding hydrogens is 358 g/mol. The normalized spacial score (nSPS) is 14.7. The number of thiophene rings is 1. The maximum atomic E-state index is 12.4. The molecule has 1 aromatic carbocycles. The molecular formula is C21H27N3O2S. The van der Waals surface area contributed by atoms with E-state index in [4.69, 9.17) is 5.73 Å². The number of nitrogens with two attached hydrogens (primary N) is 1. The second-order valence-corrected chi connectivity index (χ2v) is 8.30. The second kappa shape index (κ2) is 9.55. The quantitative estimate of drug-likeness (QED) is 0.611. The molecule has 0 aliphatic heterocycles. The molecule has 1 aromatic heterocycles. The predicted octanol–water partition coefficient (Wildman–Crippen LogP) is 4.56. The van der Waals surface area contributed by atoms with E-state index in [1.165, 1.54) is 43.4 Å². The standard InChI is InChI=1S/C21H27N3O2S/c22-17-8-4-5-9-18(17)24-21(26)19-12-11-16(27-19)14-23-20(25)13-10-15-6-2-1-3-7-15/h4-5,8-9,11-12,15H,1-3,6-7,10,13-14,22H2,(H,23,25)(H,24,26). The number of carbonyl (C=O) groups excluding carboxylic acids is 2. The maximum Gasteiger partial charge on any atom is 0.265 e. The lowest BCUT2D eigenvalue weighted by Gasteiger charge is -2.20. The minimum atomic E-state index is -0.187. The fourth-order valence-electron chi connectivity index (χ4n) is 3.47. The average molecular weight is 386 g/mol. The van der Waals surface area contributed by atoms with Crippen LogP contribution >= 0.6 is 11.3 Å². The van der Waals surface area contributed by atoms with E-state index in [2.05, 4.69) is 10.6 Å². The highest BCUT2D eigenvalue weighted by Gasteiger charge is 2.15. The molecule has 0 unspecified atom stereocenters. The number of hydrogen-bond donors (Lipinski definition) is 3. The van der Waals surface area contributed by atoms with Gasteiger partial charge in [-0.05, 0) is 36.6 Å². The first-order chi connectivity index (χ1) is 13.1. The zero-order chi connectivity index (χ0) is 19.1. The van der Waals surface area contributed by atoms with Gasteiger partial charge < -0.3 is 16.4 Å². The van der Waals surface area contributed by atoms with Crippen LogP contribution in [0.15, 0.2) is 36.4 Å². The summed E-state index contributed by atoms with van der Waals surface area (Å²) >= 11 is 1.39. The van der Waals surface area contributed by atoms with Gasteiger partial charge in [-0.25, -0.2) is 0 Å². The third kappa shape index (κ3) is 5.82. The maximum absolute atomic E-state index is 12.4. The van der Waals surface area contributed by atoms with E-state index < -0.39 is 0 Å². The van der Waals surface area contributed by atoms with Gasteiger partial charge in [-0.15, -0.1) is 11.3 Å². The number of nitrogens with one attached hydrogen (secondary N) is 2. The lowest BCUT2D eigenvalue weighted by molar-refractivity contribution is -0.121. The van der Waals surface area contributed by atoms with Gasteiger partial charge in [0.1, 0.15) is 0 Å². The number of amides is 2. The second-order valence-electron chi connectivity index (χ2n) is 7.13. The summed E-state index contributed by atoms with van der Waals surface area (Å²) < 4.78 is 0. The Kier molecular flexibility index (Phi) is 6.87. The van der Waals surface area contributed by atoms with Gasteiger partial charge in [-0.2, -0.15) is 0 Å². The number of nitrogen functional groups attached to an aromatic ring is 1. The van der Waals surface area contributed by atoms with Crippen molar-refractivity contribution in [2.75, 3.05) is 11.1 Å². The molecule has 1 heterocycles. The third-order valence-corrected chi connectivity index (χ3v) is 6.14. The van der Waals surface area contributed by atoms with Gasteiger partial charge in [-0.1, -0.05) is 44.2 Å².